The Hall–Kier alpha value is -2.39. The number of benzene rings is 2. The zero-order chi connectivity index (χ0) is 17.8. The van der Waals surface area contributed by atoms with Crippen LogP contribution in [0, 0.1) is 0 Å². The minimum Gasteiger partial charge on any atom is -0.392 e. The van der Waals surface area contributed by atoms with Crippen molar-refractivity contribution in [2.75, 3.05) is 0 Å². The molecule has 0 radical (unpaired) electrons. The van der Waals surface area contributed by atoms with Crippen molar-refractivity contribution < 1.29 is 10.6 Å². The molecule has 0 amide bonds. The predicted octanol–water partition coefficient (Wildman–Crippen LogP) is 3.50. The third-order valence-electron chi connectivity index (χ3n) is 3.78. The van der Waals surface area contributed by atoms with Crippen molar-refractivity contribution in [3.8, 4) is 16.9 Å². The molecule has 21 heavy (non-hydrogen) atoms. The lowest BCUT2D eigenvalue weighted by atomic mass is 9.95. The van der Waals surface area contributed by atoms with E-state index in [0.29, 0.717) is 16.9 Å². The van der Waals surface area contributed by atoms with E-state index in [1.54, 1.807) is 24.3 Å². The second kappa shape index (κ2) is 4.57. The summed E-state index contributed by atoms with van der Waals surface area (Å²) in [6.07, 6.45) is 0. The molecule has 0 saturated heterocycles. The second-order valence-electron chi connectivity index (χ2n) is 4.95. The fourth-order valence-corrected chi connectivity index (χ4v) is 2.81. The van der Waals surface area contributed by atoms with E-state index >= 15 is 0 Å². The normalized spacial score (nSPS) is 23.7. The van der Waals surface area contributed by atoms with Gasteiger partial charge in [-0.1, -0.05) is 55.4 Å². The summed E-state index contributed by atoms with van der Waals surface area (Å²) in [6.45, 7) is -3.15. The molecule has 0 spiro atoms. The van der Waals surface area contributed by atoms with Crippen molar-refractivity contribution >= 4 is 0 Å². The number of hydrogen-bond acceptors (Lipinski definition) is 2. The van der Waals surface area contributed by atoms with Gasteiger partial charge in [0.05, 0.1) is 25.0 Å². The average molecular weight is 280 g/mol. The highest BCUT2D eigenvalue weighted by Gasteiger charge is 2.31. The lowest BCUT2D eigenvalue weighted by Crippen LogP contribution is -1.97. The third kappa shape index (κ3) is 1.68. The van der Waals surface area contributed by atoms with Gasteiger partial charge in [0, 0.05) is 21.1 Å². The summed E-state index contributed by atoms with van der Waals surface area (Å²) in [7, 11) is 0. The number of fused-ring (bicyclic) bond motifs is 3. The molecule has 0 aliphatic carbocycles. The number of para-hydroxylation sites is 1. The van der Waals surface area contributed by atoms with E-state index in [2.05, 4.69) is 5.10 Å². The minimum absolute atomic E-state index is 0.182. The molecule has 2 atom stereocenters. The molecule has 104 valence electrons. The summed E-state index contributed by atoms with van der Waals surface area (Å²) < 4.78 is 34.3. The molecule has 1 aliphatic rings. The van der Waals surface area contributed by atoms with Gasteiger partial charge in [0.1, 0.15) is 0 Å². The van der Waals surface area contributed by atoms with Gasteiger partial charge in [-0.05, 0) is 11.6 Å². The molecule has 1 N–H and O–H groups in total. The Kier molecular flexibility index (Phi) is 1.91. The monoisotopic (exact) mass is 280 g/mol. The van der Waals surface area contributed by atoms with Crippen LogP contribution in [0.15, 0.2) is 54.6 Å². The lowest BCUT2D eigenvalue weighted by molar-refractivity contribution is 0.281. The summed E-state index contributed by atoms with van der Waals surface area (Å²) in [5.74, 6) is -1.71. The molecular weight excluding hydrogens is 260 g/mol. The Bertz CT molecular complexity index is 940. The van der Waals surface area contributed by atoms with E-state index < -0.39 is 19.4 Å². The predicted molar refractivity (Wildman–Crippen MR) is 82.4 cm³/mol. The molecule has 3 aromatic rings. The zero-order valence-corrected chi connectivity index (χ0v) is 11.2. The van der Waals surface area contributed by atoms with Crippen molar-refractivity contribution in [2.24, 2.45) is 0 Å². The SMILES string of the molecule is [2H]C(O)c1c(-c2ccccc2)nn2c1C([2H])(C([2H])[2H])c1ccccc1-2. The van der Waals surface area contributed by atoms with Crippen LogP contribution >= 0.6 is 0 Å². The molecular formula is C18H16N2O. The van der Waals surface area contributed by atoms with E-state index in [4.69, 9.17) is 5.48 Å². The summed E-state index contributed by atoms with van der Waals surface area (Å²) >= 11 is 0. The summed E-state index contributed by atoms with van der Waals surface area (Å²) in [6, 6.07) is 16.2. The summed E-state index contributed by atoms with van der Waals surface area (Å²) in [5.41, 5.74) is 2.64. The maximum absolute atomic E-state index is 10.1. The molecule has 2 heterocycles. The number of nitrogens with zero attached hydrogens (tertiary/aromatic N) is 2. The maximum atomic E-state index is 10.1. The van der Waals surface area contributed by atoms with Gasteiger partial charge in [-0.3, -0.25) is 0 Å². The van der Waals surface area contributed by atoms with Crippen LogP contribution in [-0.2, 0) is 6.58 Å². The van der Waals surface area contributed by atoms with Gasteiger partial charge in [-0.2, -0.15) is 5.10 Å². The number of aliphatic hydroxyl groups is 1. The highest BCUT2D eigenvalue weighted by Crippen LogP contribution is 2.41. The molecule has 0 saturated carbocycles. The molecule has 0 bridgehead atoms. The van der Waals surface area contributed by atoms with Crippen molar-refractivity contribution in [2.45, 2.75) is 19.4 Å². The topological polar surface area (TPSA) is 38.1 Å². The van der Waals surface area contributed by atoms with Gasteiger partial charge < -0.3 is 5.11 Å². The first-order valence-electron chi connectivity index (χ1n) is 8.93. The zero-order valence-electron chi connectivity index (χ0n) is 15.2. The van der Waals surface area contributed by atoms with Crippen LogP contribution in [0.25, 0.3) is 16.9 Å². The first-order chi connectivity index (χ1) is 12.0. The Labute approximate surface area is 129 Å². The van der Waals surface area contributed by atoms with Gasteiger partial charge in [-0.25, -0.2) is 4.68 Å². The van der Waals surface area contributed by atoms with Crippen molar-refractivity contribution in [3.05, 3.63) is 71.4 Å². The second-order valence-corrected chi connectivity index (χ2v) is 4.95. The molecule has 3 heteroatoms. The van der Waals surface area contributed by atoms with Crippen molar-refractivity contribution in [1.82, 2.24) is 9.78 Å². The largest absolute Gasteiger partial charge is 0.392 e. The smallest absolute Gasteiger partial charge is 0.0985 e. The molecule has 3 nitrogen and oxygen atoms in total. The van der Waals surface area contributed by atoms with E-state index in [1.807, 2.05) is 30.3 Å². The summed E-state index contributed by atoms with van der Waals surface area (Å²) in [5, 5.41) is 14.7. The number of aromatic nitrogens is 2. The van der Waals surface area contributed by atoms with Crippen LogP contribution in [0.1, 0.15) is 35.1 Å². The minimum atomic E-state index is -1.71. The highest BCUT2D eigenvalue weighted by atomic mass is 16.3. The van der Waals surface area contributed by atoms with E-state index in [9.17, 15) is 5.11 Å². The van der Waals surface area contributed by atoms with Crippen molar-refractivity contribution in [3.63, 3.8) is 0 Å². The van der Waals surface area contributed by atoms with Crippen LogP contribution in [0.3, 0.4) is 0 Å². The molecule has 2 unspecified atom stereocenters. The molecule has 2 aromatic carbocycles. The summed E-state index contributed by atoms with van der Waals surface area (Å²) in [4.78, 5) is 0. The lowest BCUT2D eigenvalue weighted by Gasteiger charge is -2.07. The van der Waals surface area contributed by atoms with Gasteiger partial charge in [0.25, 0.3) is 0 Å². The van der Waals surface area contributed by atoms with E-state index in [0.717, 1.165) is 5.56 Å². The Morgan fingerprint density at radius 2 is 2.00 bits per heavy atom. The van der Waals surface area contributed by atoms with Gasteiger partial charge in [0.2, 0.25) is 0 Å². The standard InChI is InChI=1S/C18H16N2O/c1-12-14-9-5-6-10-16(14)20-18(12)15(11-21)17(19-20)13-7-3-2-4-8-13/h2-10,12,21H,11H2,1H3/i1D2,11D,12D. The fraction of sp³-hybridized carbons (Fsp3) is 0.167. The Balaban J connectivity index is 2.09. The number of hydrogen-bond donors (Lipinski definition) is 1. The van der Waals surface area contributed by atoms with Gasteiger partial charge in [0.15, 0.2) is 0 Å². The van der Waals surface area contributed by atoms with Crippen LogP contribution in [-0.4, -0.2) is 14.9 Å². The van der Waals surface area contributed by atoms with Gasteiger partial charge >= 0.3 is 0 Å². The van der Waals surface area contributed by atoms with Crippen molar-refractivity contribution in [1.29, 1.82) is 0 Å². The van der Waals surface area contributed by atoms with E-state index in [-0.39, 0.29) is 11.3 Å². The fourth-order valence-electron chi connectivity index (χ4n) is 2.81. The number of aliphatic hydroxyl groups excluding tert-OH is 1. The van der Waals surface area contributed by atoms with Crippen LogP contribution < -0.4 is 0 Å². The number of rotatable bonds is 2. The molecule has 4 rings (SSSR count). The molecule has 1 aromatic heterocycles. The Morgan fingerprint density at radius 1 is 1.24 bits per heavy atom. The Morgan fingerprint density at radius 3 is 2.76 bits per heavy atom. The van der Waals surface area contributed by atoms with E-state index in [1.165, 1.54) is 4.68 Å². The molecule has 1 aliphatic heterocycles. The first-order valence-corrected chi connectivity index (χ1v) is 6.69. The average Bonchev–Trinajstić information content (AvgIpc) is 3.12. The van der Waals surface area contributed by atoms with Crippen LogP contribution in [0.2, 0.25) is 0 Å². The quantitative estimate of drug-likeness (QED) is 0.780. The van der Waals surface area contributed by atoms with Crippen LogP contribution in [0.4, 0.5) is 0 Å². The maximum Gasteiger partial charge on any atom is 0.0985 e. The first kappa shape index (κ1) is 8.80. The highest BCUT2D eigenvalue weighted by molar-refractivity contribution is 5.68. The van der Waals surface area contributed by atoms with Gasteiger partial charge in [-0.15, -0.1) is 0 Å². The molecule has 0 fully saturated rings. The van der Waals surface area contributed by atoms with Crippen LogP contribution in [0.5, 0.6) is 0 Å². The third-order valence-corrected chi connectivity index (χ3v) is 3.78.